The van der Waals surface area contributed by atoms with E-state index in [0.717, 1.165) is 72.4 Å². The van der Waals surface area contributed by atoms with E-state index in [-0.39, 0.29) is 12.1 Å². The van der Waals surface area contributed by atoms with Crippen LogP contribution in [0.1, 0.15) is 30.0 Å². The second kappa shape index (κ2) is 10.7. The van der Waals surface area contributed by atoms with Gasteiger partial charge in [0.05, 0.1) is 24.9 Å². The standard InChI is InChI=1S/C25H28N4O2S2/c32-25-27-23(20-9-4-5-12-26-20)24(29(25)14-6-13-28-15-17-30-18-16-28)21-10-11-22(31-21)33-19-7-2-1-3-8-19/h1-5,7-12,23-24H,6,13-18H2,(H,27,32)/t23-,24+/m0/s1. The molecule has 172 valence electrons. The molecule has 2 aliphatic heterocycles. The lowest BCUT2D eigenvalue weighted by Crippen LogP contribution is -2.38. The Morgan fingerprint density at radius 3 is 2.61 bits per heavy atom. The number of furan rings is 1. The Morgan fingerprint density at radius 2 is 1.82 bits per heavy atom. The first-order chi connectivity index (χ1) is 16.3. The minimum atomic E-state index is -0.0530. The number of hydrogen-bond acceptors (Lipinski definition) is 6. The third-order valence-corrected chi connectivity index (χ3v) is 7.31. The van der Waals surface area contributed by atoms with Crippen LogP contribution in [0.25, 0.3) is 0 Å². The summed E-state index contributed by atoms with van der Waals surface area (Å²) in [5.74, 6) is 0.905. The number of pyridine rings is 1. The second-order valence-electron chi connectivity index (χ2n) is 8.20. The van der Waals surface area contributed by atoms with Crippen LogP contribution in [-0.4, -0.2) is 59.3 Å². The molecule has 2 aliphatic rings. The van der Waals surface area contributed by atoms with Crippen molar-refractivity contribution in [1.82, 2.24) is 20.1 Å². The number of hydrogen-bond donors (Lipinski definition) is 1. The van der Waals surface area contributed by atoms with E-state index < -0.39 is 0 Å². The molecule has 1 N–H and O–H groups in total. The molecule has 0 saturated carbocycles. The molecule has 4 heterocycles. The number of morpholine rings is 1. The minimum Gasteiger partial charge on any atom is -0.452 e. The molecule has 2 atom stereocenters. The molecule has 5 rings (SSSR count). The number of ether oxygens (including phenoxy) is 1. The summed E-state index contributed by atoms with van der Waals surface area (Å²) in [6.07, 6.45) is 2.86. The molecule has 6 nitrogen and oxygen atoms in total. The van der Waals surface area contributed by atoms with E-state index in [4.69, 9.17) is 21.4 Å². The van der Waals surface area contributed by atoms with Crippen LogP contribution in [0, 0.1) is 0 Å². The molecule has 2 fully saturated rings. The van der Waals surface area contributed by atoms with Gasteiger partial charge in [-0.3, -0.25) is 9.88 Å². The van der Waals surface area contributed by atoms with E-state index in [9.17, 15) is 0 Å². The Labute approximate surface area is 204 Å². The van der Waals surface area contributed by atoms with Crippen molar-refractivity contribution < 1.29 is 9.15 Å². The van der Waals surface area contributed by atoms with Gasteiger partial charge in [0.25, 0.3) is 0 Å². The number of aromatic nitrogens is 1. The topological polar surface area (TPSA) is 53.8 Å². The molecule has 0 aliphatic carbocycles. The van der Waals surface area contributed by atoms with Crippen molar-refractivity contribution in [2.75, 3.05) is 39.4 Å². The molecule has 2 saturated heterocycles. The summed E-state index contributed by atoms with van der Waals surface area (Å²) in [6.45, 7) is 5.54. The first-order valence-electron chi connectivity index (χ1n) is 11.4. The van der Waals surface area contributed by atoms with Gasteiger partial charge in [-0.25, -0.2) is 0 Å². The smallest absolute Gasteiger partial charge is 0.170 e. The molecular weight excluding hydrogens is 452 g/mol. The molecular formula is C25H28N4O2S2. The zero-order valence-corrected chi connectivity index (χ0v) is 20.1. The normalized spacial score (nSPS) is 21.3. The lowest BCUT2D eigenvalue weighted by molar-refractivity contribution is 0.0365. The summed E-state index contributed by atoms with van der Waals surface area (Å²) in [7, 11) is 0. The first kappa shape index (κ1) is 22.4. The highest BCUT2D eigenvalue weighted by Gasteiger charge is 2.41. The Bertz CT molecular complexity index is 1040. The van der Waals surface area contributed by atoms with E-state index in [0.29, 0.717) is 0 Å². The quantitative estimate of drug-likeness (QED) is 0.473. The van der Waals surface area contributed by atoms with Crippen molar-refractivity contribution in [3.8, 4) is 0 Å². The molecule has 2 aromatic heterocycles. The van der Waals surface area contributed by atoms with Crippen molar-refractivity contribution in [3.05, 3.63) is 78.3 Å². The minimum absolute atomic E-state index is 0.0396. The number of rotatable bonds is 8. The fourth-order valence-corrected chi connectivity index (χ4v) is 5.53. The van der Waals surface area contributed by atoms with E-state index >= 15 is 0 Å². The molecule has 3 aromatic rings. The van der Waals surface area contributed by atoms with E-state index in [1.807, 2.05) is 42.6 Å². The fourth-order valence-electron chi connectivity index (χ4n) is 4.40. The number of benzene rings is 1. The summed E-state index contributed by atoms with van der Waals surface area (Å²) in [5.41, 5.74) is 0.967. The van der Waals surface area contributed by atoms with Gasteiger partial charge < -0.3 is 19.4 Å². The predicted octanol–water partition coefficient (Wildman–Crippen LogP) is 4.52. The molecule has 0 bridgehead atoms. The van der Waals surface area contributed by atoms with Gasteiger partial charge in [-0.1, -0.05) is 36.0 Å². The van der Waals surface area contributed by atoms with Crippen molar-refractivity contribution >= 4 is 29.1 Å². The highest BCUT2D eigenvalue weighted by atomic mass is 32.2. The van der Waals surface area contributed by atoms with Crippen LogP contribution in [0.15, 0.2) is 81.3 Å². The second-order valence-corrected chi connectivity index (χ2v) is 9.66. The lowest BCUT2D eigenvalue weighted by atomic mass is 10.0. The first-order valence-corrected chi connectivity index (χ1v) is 12.6. The third-order valence-electron chi connectivity index (χ3n) is 6.03. The van der Waals surface area contributed by atoms with Gasteiger partial charge in [0, 0.05) is 37.3 Å². The van der Waals surface area contributed by atoms with Crippen LogP contribution in [0.2, 0.25) is 0 Å². The van der Waals surface area contributed by atoms with Crippen LogP contribution in [0.3, 0.4) is 0 Å². The zero-order chi connectivity index (χ0) is 22.5. The van der Waals surface area contributed by atoms with Crippen molar-refractivity contribution in [2.24, 2.45) is 0 Å². The van der Waals surface area contributed by atoms with E-state index in [1.54, 1.807) is 11.8 Å². The lowest BCUT2D eigenvalue weighted by Gasteiger charge is -2.29. The maximum Gasteiger partial charge on any atom is 0.170 e. The number of thiocarbonyl (C=S) groups is 1. The molecule has 1 aromatic carbocycles. The molecule has 8 heteroatoms. The molecule has 33 heavy (non-hydrogen) atoms. The van der Waals surface area contributed by atoms with Gasteiger partial charge in [0.1, 0.15) is 11.8 Å². The van der Waals surface area contributed by atoms with Crippen LogP contribution in [0.5, 0.6) is 0 Å². The van der Waals surface area contributed by atoms with Gasteiger partial charge in [0.2, 0.25) is 0 Å². The summed E-state index contributed by atoms with van der Waals surface area (Å²) >= 11 is 7.41. The van der Waals surface area contributed by atoms with Gasteiger partial charge in [-0.05, 0) is 55.0 Å². The Morgan fingerprint density at radius 1 is 1.00 bits per heavy atom. The molecule has 0 spiro atoms. The van der Waals surface area contributed by atoms with Crippen LogP contribution in [0.4, 0.5) is 0 Å². The summed E-state index contributed by atoms with van der Waals surface area (Å²) in [5, 5.41) is 5.14. The summed E-state index contributed by atoms with van der Waals surface area (Å²) in [6, 6.07) is 20.3. The zero-order valence-electron chi connectivity index (χ0n) is 18.4. The van der Waals surface area contributed by atoms with Gasteiger partial charge in [-0.15, -0.1) is 0 Å². The Kier molecular flexibility index (Phi) is 7.26. The highest BCUT2D eigenvalue weighted by Crippen LogP contribution is 2.41. The monoisotopic (exact) mass is 480 g/mol. The maximum absolute atomic E-state index is 6.37. The molecule has 0 unspecified atom stereocenters. The maximum atomic E-state index is 6.37. The number of nitrogens with zero attached hydrogens (tertiary/aromatic N) is 3. The Balaban J connectivity index is 1.35. The van der Waals surface area contributed by atoms with Gasteiger partial charge in [-0.2, -0.15) is 0 Å². The average molecular weight is 481 g/mol. The molecule has 0 amide bonds. The molecule has 0 radical (unpaired) electrons. The van der Waals surface area contributed by atoms with Crippen LogP contribution >= 0.6 is 24.0 Å². The van der Waals surface area contributed by atoms with Crippen molar-refractivity contribution in [2.45, 2.75) is 28.5 Å². The SMILES string of the molecule is S=C1N[C@@H](c2ccccn2)[C@@H](c2ccc(Sc3ccccc3)o2)N1CCCN1CCOCC1. The van der Waals surface area contributed by atoms with E-state index in [2.05, 4.69) is 44.4 Å². The van der Waals surface area contributed by atoms with Crippen LogP contribution < -0.4 is 5.32 Å². The van der Waals surface area contributed by atoms with Gasteiger partial charge >= 0.3 is 0 Å². The van der Waals surface area contributed by atoms with Crippen molar-refractivity contribution in [1.29, 1.82) is 0 Å². The largest absolute Gasteiger partial charge is 0.452 e. The average Bonchev–Trinajstić information content (AvgIpc) is 3.45. The van der Waals surface area contributed by atoms with Gasteiger partial charge in [0.15, 0.2) is 10.2 Å². The summed E-state index contributed by atoms with van der Waals surface area (Å²) < 4.78 is 11.8. The van der Waals surface area contributed by atoms with Crippen molar-refractivity contribution in [3.63, 3.8) is 0 Å². The fraction of sp³-hybridized carbons (Fsp3) is 0.360. The summed E-state index contributed by atoms with van der Waals surface area (Å²) in [4.78, 5) is 10.5. The predicted molar refractivity (Wildman–Crippen MR) is 133 cm³/mol. The van der Waals surface area contributed by atoms with E-state index in [1.165, 1.54) is 0 Å². The highest BCUT2D eigenvalue weighted by molar-refractivity contribution is 7.99. The third kappa shape index (κ3) is 5.41. The van der Waals surface area contributed by atoms with Crippen LogP contribution in [-0.2, 0) is 4.74 Å². The Hall–Kier alpha value is -2.39. The number of nitrogens with one attached hydrogen (secondary N) is 1.